The van der Waals surface area contributed by atoms with E-state index in [1.54, 1.807) is 17.4 Å². The first-order chi connectivity index (χ1) is 8.49. The van der Waals surface area contributed by atoms with Gasteiger partial charge >= 0.3 is 5.97 Å². The Balaban J connectivity index is 2.17. The second-order valence-corrected chi connectivity index (χ2v) is 6.00. The zero-order valence-electron chi connectivity index (χ0n) is 10.2. The fourth-order valence-electron chi connectivity index (χ4n) is 2.07. The molecule has 2 aromatic heterocycles. The van der Waals surface area contributed by atoms with Crippen LogP contribution in [0.2, 0.25) is 4.34 Å². The minimum absolute atomic E-state index is 0.386. The van der Waals surface area contributed by atoms with Gasteiger partial charge in [0.1, 0.15) is 0 Å². The number of hydrogen-bond donors (Lipinski definition) is 1. The number of aromatic nitrogens is 1. The molecule has 0 aliphatic rings. The van der Waals surface area contributed by atoms with Crippen molar-refractivity contribution in [3.05, 3.63) is 44.4 Å². The second kappa shape index (κ2) is 5.16. The molecule has 0 unspecified atom stereocenters. The summed E-state index contributed by atoms with van der Waals surface area (Å²) in [5, 5.41) is 9.06. The van der Waals surface area contributed by atoms with Crippen LogP contribution in [0.15, 0.2) is 18.2 Å². The highest BCUT2D eigenvalue weighted by molar-refractivity contribution is 7.16. The van der Waals surface area contributed by atoms with Gasteiger partial charge in [0.2, 0.25) is 0 Å². The molecule has 0 aromatic carbocycles. The molecule has 0 aliphatic carbocycles. The quantitative estimate of drug-likeness (QED) is 0.928. The molecule has 3 nitrogen and oxygen atoms in total. The third-order valence-electron chi connectivity index (χ3n) is 3.01. The van der Waals surface area contributed by atoms with Gasteiger partial charge in [0.15, 0.2) is 0 Å². The lowest BCUT2D eigenvalue weighted by atomic mass is 10.2. The van der Waals surface area contributed by atoms with E-state index in [9.17, 15) is 4.79 Å². The van der Waals surface area contributed by atoms with Crippen molar-refractivity contribution in [1.82, 2.24) is 4.57 Å². The molecule has 0 aliphatic heterocycles. The van der Waals surface area contributed by atoms with Crippen LogP contribution in [-0.2, 0) is 13.0 Å². The number of thiophene rings is 1. The first-order valence-corrected chi connectivity index (χ1v) is 6.82. The maximum atomic E-state index is 11.0. The lowest BCUT2D eigenvalue weighted by Crippen LogP contribution is -2.06. The molecule has 0 amide bonds. The van der Waals surface area contributed by atoms with Gasteiger partial charge in [0.05, 0.1) is 9.90 Å². The third kappa shape index (κ3) is 2.60. The van der Waals surface area contributed by atoms with Gasteiger partial charge in [-0.3, -0.25) is 0 Å². The van der Waals surface area contributed by atoms with Crippen molar-refractivity contribution in [2.75, 3.05) is 0 Å². The van der Waals surface area contributed by atoms with Gasteiger partial charge in [-0.15, -0.1) is 11.3 Å². The number of aromatic carboxylic acids is 1. The van der Waals surface area contributed by atoms with E-state index in [1.807, 2.05) is 30.5 Å². The van der Waals surface area contributed by atoms with Gasteiger partial charge in [-0.1, -0.05) is 11.6 Å². The van der Waals surface area contributed by atoms with E-state index in [1.165, 1.54) is 4.88 Å². The van der Waals surface area contributed by atoms with Gasteiger partial charge in [-0.2, -0.15) is 0 Å². The summed E-state index contributed by atoms with van der Waals surface area (Å²) >= 11 is 7.45. The predicted octanol–water partition coefficient (Wildman–Crippen LogP) is 3.76. The lowest BCUT2D eigenvalue weighted by molar-refractivity contribution is 0.0696. The fraction of sp³-hybridized carbons (Fsp3) is 0.308. The Morgan fingerprint density at radius 2 is 2.17 bits per heavy atom. The summed E-state index contributed by atoms with van der Waals surface area (Å²) in [5.41, 5.74) is 2.17. The Kier molecular flexibility index (Phi) is 3.78. The third-order valence-corrected chi connectivity index (χ3v) is 4.31. The molecule has 2 rings (SSSR count). The number of halogens is 1. The molecule has 18 heavy (non-hydrogen) atoms. The summed E-state index contributed by atoms with van der Waals surface area (Å²) in [7, 11) is 0. The zero-order chi connectivity index (χ0) is 13.3. The van der Waals surface area contributed by atoms with E-state index < -0.39 is 5.97 Å². The van der Waals surface area contributed by atoms with Crippen LogP contribution in [0.25, 0.3) is 0 Å². The minimum atomic E-state index is -0.867. The maximum Gasteiger partial charge on any atom is 0.337 e. The Labute approximate surface area is 115 Å². The molecule has 96 valence electrons. The molecule has 0 atom stereocenters. The van der Waals surface area contributed by atoms with E-state index in [-0.39, 0.29) is 0 Å². The molecule has 0 radical (unpaired) electrons. The van der Waals surface area contributed by atoms with E-state index in [0.29, 0.717) is 5.56 Å². The monoisotopic (exact) mass is 283 g/mol. The number of aryl methyl sites for hydroxylation is 2. The molecular weight excluding hydrogens is 270 g/mol. The molecule has 1 N–H and O–H groups in total. The van der Waals surface area contributed by atoms with Gasteiger partial charge < -0.3 is 9.67 Å². The van der Waals surface area contributed by atoms with Gasteiger partial charge in [-0.25, -0.2) is 4.79 Å². The Morgan fingerprint density at radius 3 is 2.67 bits per heavy atom. The van der Waals surface area contributed by atoms with Gasteiger partial charge in [0.25, 0.3) is 0 Å². The van der Waals surface area contributed by atoms with E-state index in [4.69, 9.17) is 16.7 Å². The topological polar surface area (TPSA) is 42.2 Å². The van der Waals surface area contributed by atoms with Crippen molar-refractivity contribution in [1.29, 1.82) is 0 Å². The molecule has 0 fully saturated rings. The van der Waals surface area contributed by atoms with Gasteiger partial charge in [-0.05, 0) is 38.5 Å². The average Bonchev–Trinajstić information content (AvgIpc) is 2.82. The summed E-state index contributed by atoms with van der Waals surface area (Å²) in [6.45, 7) is 4.56. The van der Waals surface area contributed by atoms with Crippen molar-refractivity contribution in [3.8, 4) is 0 Å². The Morgan fingerprint density at radius 1 is 1.44 bits per heavy atom. The molecule has 5 heteroatoms. The van der Waals surface area contributed by atoms with Crippen LogP contribution in [-0.4, -0.2) is 15.6 Å². The summed E-state index contributed by atoms with van der Waals surface area (Å²) in [6.07, 6.45) is 0.868. The van der Waals surface area contributed by atoms with Crippen LogP contribution in [0, 0.1) is 13.8 Å². The predicted molar refractivity (Wildman–Crippen MR) is 73.9 cm³/mol. The molecule has 0 saturated carbocycles. The average molecular weight is 284 g/mol. The summed E-state index contributed by atoms with van der Waals surface area (Å²) in [5.74, 6) is -0.867. The van der Waals surface area contributed by atoms with Crippen molar-refractivity contribution >= 4 is 28.9 Å². The molecule has 2 heterocycles. The maximum absolute atomic E-state index is 11.0. The smallest absolute Gasteiger partial charge is 0.337 e. The standard InChI is InChI=1S/C13H14ClNO2S/c1-8-7-11(13(16)17)9(2)15(8)6-5-10-3-4-12(14)18-10/h3-4,7H,5-6H2,1-2H3,(H,16,17). The van der Waals surface area contributed by atoms with E-state index >= 15 is 0 Å². The van der Waals surface area contributed by atoms with Crippen molar-refractivity contribution in [3.63, 3.8) is 0 Å². The number of rotatable bonds is 4. The molecule has 2 aromatic rings. The molecule has 0 saturated heterocycles. The summed E-state index contributed by atoms with van der Waals surface area (Å²) < 4.78 is 2.83. The van der Waals surface area contributed by atoms with Crippen molar-refractivity contribution in [2.45, 2.75) is 26.8 Å². The Bertz CT molecular complexity index is 586. The summed E-state index contributed by atoms with van der Waals surface area (Å²) in [4.78, 5) is 12.2. The van der Waals surface area contributed by atoms with Crippen LogP contribution in [0.1, 0.15) is 26.6 Å². The lowest BCUT2D eigenvalue weighted by Gasteiger charge is -2.08. The van der Waals surface area contributed by atoms with Crippen LogP contribution in [0.5, 0.6) is 0 Å². The second-order valence-electron chi connectivity index (χ2n) is 4.20. The molecule has 0 spiro atoms. The van der Waals surface area contributed by atoms with Crippen molar-refractivity contribution < 1.29 is 9.90 Å². The fourth-order valence-corrected chi connectivity index (χ4v) is 3.15. The Hall–Kier alpha value is -1.26. The molecule has 0 bridgehead atoms. The van der Waals surface area contributed by atoms with Crippen LogP contribution in [0.4, 0.5) is 0 Å². The zero-order valence-corrected chi connectivity index (χ0v) is 11.8. The summed E-state index contributed by atoms with van der Waals surface area (Å²) in [6, 6.07) is 5.62. The first-order valence-electron chi connectivity index (χ1n) is 5.63. The highest BCUT2D eigenvalue weighted by atomic mass is 35.5. The SMILES string of the molecule is Cc1cc(C(=O)O)c(C)n1CCc1ccc(Cl)s1. The number of hydrogen-bond acceptors (Lipinski definition) is 2. The largest absolute Gasteiger partial charge is 0.478 e. The first kappa shape index (κ1) is 13.2. The van der Waals surface area contributed by atoms with Crippen LogP contribution < -0.4 is 0 Å². The van der Waals surface area contributed by atoms with E-state index in [2.05, 4.69) is 0 Å². The number of carboxylic acids is 1. The van der Waals surface area contributed by atoms with Crippen molar-refractivity contribution in [2.24, 2.45) is 0 Å². The highest BCUT2D eigenvalue weighted by Gasteiger charge is 2.14. The van der Waals surface area contributed by atoms with Crippen LogP contribution in [0.3, 0.4) is 0 Å². The van der Waals surface area contributed by atoms with Gasteiger partial charge in [0, 0.05) is 22.8 Å². The van der Waals surface area contributed by atoms with E-state index in [0.717, 1.165) is 28.7 Å². The normalized spacial score (nSPS) is 10.8. The highest BCUT2D eigenvalue weighted by Crippen LogP contribution is 2.23. The molecular formula is C13H14ClNO2S. The van der Waals surface area contributed by atoms with Crippen LogP contribution >= 0.6 is 22.9 Å². The minimum Gasteiger partial charge on any atom is -0.478 e. The number of nitrogens with zero attached hydrogens (tertiary/aromatic N) is 1. The number of carbonyl (C=O) groups is 1. The number of carboxylic acid groups (broad SMARTS) is 1.